The molecule has 0 spiro atoms. The number of hydrogen-bond donors (Lipinski definition) is 0. The van der Waals surface area contributed by atoms with Crippen LogP contribution in [0.1, 0.15) is 25.8 Å². The Morgan fingerprint density at radius 1 is 1.10 bits per heavy atom. The topological polar surface area (TPSA) is 73.5 Å². The van der Waals surface area contributed by atoms with Crippen LogP contribution in [0.3, 0.4) is 0 Å². The molecule has 164 valence electrons. The normalized spacial score (nSPS) is 19.0. The number of carbonyl (C=O) groups excluding carboxylic acids is 1. The van der Waals surface area contributed by atoms with Gasteiger partial charge in [-0.25, -0.2) is 4.79 Å². The molecule has 3 heterocycles. The lowest BCUT2D eigenvalue weighted by Gasteiger charge is -2.35. The summed E-state index contributed by atoms with van der Waals surface area (Å²) in [6, 6.07) is 9.05. The van der Waals surface area contributed by atoms with E-state index >= 15 is 0 Å². The summed E-state index contributed by atoms with van der Waals surface area (Å²) in [5, 5.41) is 1.78. The first-order chi connectivity index (χ1) is 14.9. The van der Waals surface area contributed by atoms with Crippen molar-refractivity contribution < 1.29 is 9.53 Å². The van der Waals surface area contributed by atoms with Crippen LogP contribution in [0.5, 0.6) is 5.75 Å². The SMILES string of the molecule is COc1ccccc1Cn1c(=O)c2sccc2n(CC(=O)N2CC(C)CC(C)C2)c1=O. The number of ether oxygens (including phenoxy) is 1. The predicted molar refractivity (Wildman–Crippen MR) is 122 cm³/mol. The van der Waals surface area contributed by atoms with Crippen molar-refractivity contribution in [3.8, 4) is 5.75 Å². The molecule has 7 nitrogen and oxygen atoms in total. The summed E-state index contributed by atoms with van der Waals surface area (Å²) in [5.41, 5.74) is 0.428. The monoisotopic (exact) mass is 441 g/mol. The summed E-state index contributed by atoms with van der Waals surface area (Å²) >= 11 is 1.29. The number of amides is 1. The molecule has 1 saturated heterocycles. The van der Waals surface area contributed by atoms with E-state index in [1.54, 1.807) is 24.6 Å². The molecule has 0 saturated carbocycles. The highest BCUT2D eigenvalue weighted by molar-refractivity contribution is 7.17. The van der Waals surface area contributed by atoms with E-state index in [2.05, 4.69) is 13.8 Å². The third-order valence-corrected chi connectivity index (χ3v) is 6.76. The molecular weight excluding hydrogens is 414 g/mol. The Hall–Kier alpha value is -2.87. The second kappa shape index (κ2) is 8.70. The number of nitrogens with zero attached hydrogens (tertiary/aromatic N) is 3. The van der Waals surface area contributed by atoms with Crippen molar-refractivity contribution in [2.45, 2.75) is 33.4 Å². The van der Waals surface area contributed by atoms with Crippen molar-refractivity contribution in [3.05, 3.63) is 62.1 Å². The first-order valence-corrected chi connectivity index (χ1v) is 11.4. The van der Waals surface area contributed by atoms with E-state index in [9.17, 15) is 14.4 Å². The minimum atomic E-state index is -0.478. The fourth-order valence-corrected chi connectivity index (χ4v) is 5.37. The molecule has 1 aliphatic rings. The fraction of sp³-hybridized carbons (Fsp3) is 0.435. The van der Waals surface area contributed by atoms with Crippen LogP contribution in [0.15, 0.2) is 45.3 Å². The van der Waals surface area contributed by atoms with Crippen LogP contribution in [0.2, 0.25) is 0 Å². The van der Waals surface area contributed by atoms with Gasteiger partial charge in [0.1, 0.15) is 17.0 Å². The number of benzene rings is 1. The second-order valence-corrected chi connectivity index (χ2v) is 9.37. The van der Waals surface area contributed by atoms with Gasteiger partial charge < -0.3 is 9.64 Å². The number of methoxy groups -OCH3 is 1. The summed E-state index contributed by atoms with van der Waals surface area (Å²) < 4.78 is 8.50. The quantitative estimate of drug-likeness (QED) is 0.610. The molecule has 2 atom stereocenters. The summed E-state index contributed by atoms with van der Waals surface area (Å²) in [6.45, 7) is 5.70. The Kier molecular flexibility index (Phi) is 6.00. The number of carbonyl (C=O) groups is 1. The Balaban J connectivity index is 1.74. The average molecular weight is 442 g/mol. The Labute approximate surface area is 184 Å². The number of piperidine rings is 1. The number of fused-ring (bicyclic) bond motifs is 1. The molecule has 1 amide bonds. The highest BCUT2D eigenvalue weighted by atomic mass is 32.1. The third kappa shape index (κ3) is 4.17. The van der Waals surface area contributed by atoms with E-state index in [0.29, 0.717) is 40.9 Å². The van der Waals surface area contributed by atoms with E-state index in [-0.39, 0.29) is 24.6 Å². The van der Waals surface area contributed by atoms with E-state index in [1.807, 2.05) is 23.1 Å². The molecule has 1 fully saturated rings. The zero-order valence-corrected chi connectivity index (χ0v) is 18.9. The van der Waals surface area contributed by atoms with Crippen molar-refractivity contribution in [2.75, 3.05) is 20.2 Å². The molecule has 0 N–H and O–H groups in total. The van der Waals surface area contributed by atoms with Gasteiger partial charge in [-0.05, 0) is 35.8 Å². The summed E-state index contributed by atoms with van der Waals surface area (Å²) in [6.07, 6.45) is 1.10. The number of hydrogen-bond acceptors (Lipinski definition) is 5. The molecule has 1 aromatic carbocycles. The van der Waals surface area contributed by atoms with Crippen LogP contribution in [0.4, 0.5) is 0 Å². The van der Waals surface area contributed by atoms with Crippen LogP contribution in [0.25, 0.3) is 10.2 Å². The van der Waals surface area contributed by atoms with Gasteiger partial charge in [-0.3, -0.25) is 18.7 Å². The molecule has 3 aromatic rings. The van der Waals surface area contributed by atoms with Crippen LogP contribution in [-0.4, -0.2) is 40.1 Å². The van der Waals surface area contributed by atoms with E-state index < -0.39 is 5.69 Å². The maximum absolute atomic E-state index is 13.4. The zero-order chi connectivity index (χ0) is 22.1. The first kappa shape index (κ1) is 21.4. The largest absolute Gasteiger partial charge is 0.496 e. The summed E-state index contributed by atoms with van der Waals surface area (Å²) in [7, 11) is 1.56. The maximum atomic E-state index is 13.4. The molecule has 0 aliphatic carbocycles. The molecule has 0 radical (unpaired) electrons. The van der Waals surface area contributed by atoms with Gasteiger partial charge in [0.2, 0.25) is 5.91 Å². The van der Waals surface area contributed by atoms with Gasteiger partial charge in [0.05, 0.1) is 19.2 Å². The molecular formula is C23H27N3O4S. The lowest BCUT2D eigenvalue weighted by Crippen LogP contribution is -2.47. The van der Waals surface area contributed by atoms with Crippen molar-refractivity contribution in [2.24, 2.45) is 11.8 Å². The molecule has 8 heteroatoms. The van der Waals surface area contributed by atoms with Crippen LogP contribution >= 0.6 is 11.3 Å². The van der Waals surface area contributed by atoms with Gasteiger partial charge in [-0.1, -0.05) is 32.0 Å². The maximum Gasteiger partial charge on any atom is 0.332 e. The van der Waals surface area contributed by atoms with Crippen molar-refractivity contribution in [1.29, 1.82) is 0 Å². The number of aromatic nitrogens is 2. The van der Waals surface area contributed by atoms with Gasteiger partial charge in [-0.15, -0.1) is 11.3 Å². The molecule has 2 aromatic heterocycles. The van der Waals surface area contributed by atoms with Crippen molar-refractivity contribution >= 4 is 27.5 Å². The van der Waals surface area contributed by atoms with E-state index in [0.717, 1.165) is 12.0 Å². The molecule has 1 aliphatic heterocycles. The summed E-state index contributed by atoms with van der Waals surface area (Å²) in [4.78, 5) is 41.4. The van der Waals surface area contributed by atoms with Gasteiger partial charge in [0.15, 0.2) is 0 Å². The van der Waals surface area contributed by atoms with Gasteiger partial charge in [0.25, 0.3) is 5.56 Å². The first-order valence-electron chi connectivity index (χ1n) is 10.5. The molecule has 4 rings (SSSR count). The smallest absolute Gasteiger partial charge is 0.332 e. The average Bonchev–Trinajstić information content (AvgIpc) is 3.23. The number of para-hydroxylation sites is 1. The van der Waals surface area contributed by atoms with Crippen molar-refractivity contribution in [1.82, 2.24) is 14.0 Å². The Bertz CT molecular complexity index is 1220. The van der Waals surface area contributed by atoms with Crippen LogP contribution in [0, 0.1) is 11.8 Å². The van der Waals surface area contributed by atoms with Gasteiger partial charge >= 0.3 is 5.69 Å². The second-order valence-electron chi connectivity index (χ2n) is 8.45. The molecule has 2 unspecified atom stereocenters. The van der Waals surface area contributed by atoms with Crippen LogP contribution in [-0.2, 0) is 17.9 Å². The minimum absolute atomic E-state index is 0.0717. The Morgan fingerprint density at radius 2 is 1.81 bits per heavy atom. The minimum Gasteiger partial charge on any atom is -0.496 e. The number of thiophene rings is 1. The zero-order valence-electron chi connectivity index (χ0n) is 18.0. The number of rotatable bonds is 5. The lowest BCUT2D eigenvalue weighted by molar-refractivity contribution is -0.134. The van der Waals surface area contributed by atoms with Crippen molar-refractivity contribution in [3.63, 3.8) is 0 Å². The number of likely N-dealkylation sites (tertiary alicyclic amines) is 1. The van der Waals surface area contributed by atoms with Crippen LogP contribution < -0.4 is 16.0 Å². The standard InChI is InChI=1S/C23H27N3O4S/c1-15-10-16(2)12-24(11-15)20(27)14-25-18-8-9-31-21(18)22(28)26(23(25)29)13-17-6-4-5-7-19(17)30-3/h4-9,15-16H,10-14H2,1-3H3. The third-order valence-electron chi connectivity index (χ3n) is 5.87. The highest BCUT2D eigenvalue weighted by Gasteiger charge is 2.26. The van der Waals surface area contributed by atoms with E-state index in [1.165, 1.54) is 20.5 Å². The predicted octanol–water partition coefficient (Wildman–Crippen LogP) is 2.79. The van der Waals surface area contributed by atoms with Gasteiger partial charge in [-0.2, -0.15) is 0 Å². The fourth-order valence-electron chi connectivity index (χ4n) is 4.53. The van der Waals surface area contributed by atoms with Gasteiger partial charge in [0, 0.05) is 18.7 Å². The van der Waals surface area contributed by atoms with E-state index in [4.69, 9.17) is 4.74 Å². The summed E-state index contributed by atoms with van der Waals surface area (Å²) in [5.74, 6) is 1.39. The lowest BCUT2D eigenvalue weighted by atomic mass is 9.92. The Morgan fingerprint density at radius 3 is 2.52 bits per heavy atom. The highest BCUT2D eigenvalue weighted by Crippen LogP contribution is 2.22. The molecule has 0 bridgehead atoms. The molecule has 31 heavy (non-hydrogen) atoms.